The van der Waals surface area contributed by atoms with Crippen molar-refractivity contribution in [1.82, 2.24) is 14.8 Å². The lowest BCUT2D eigenvalue weighted by Gasteiger charge is -2.45. The zero-order chi connectivity index (χ0) is 31.7. The molecule has 1 aliphatic heterocycles. The van der Waals surface area contributed by atoms with Gasteiger partial charge in [0.15, 0.2) is 5.60 Å². The van der Waals surface area contributed by atoms with Crippen molar-refractivity contribution < 1.29 is 32.6 Å². The first kappa shape index (κ1) is 32.6. The molecule has 4 rings (SSSR count). The normalized spacial score (nSPS) is 21.4. The summed E-state index contributed by atoms with van der Waals surface area (Å²) in [4.78, 5) is 35.5. The number of anilines is 1. The molecule has 1 N–H and O–H groups in total. The molecule has 2 atom stereocenters. The Kier molecular flexibility index (Phi) is 9.63. The molecule has 2 aliphatic rings. The molecule has 1 aromatic carbocycles. The minimum Gasteiger partial charge on any atom is -0.497 e. The van der Waals surface area contributed by atoms with Crippen LogP contribution in [0.5, 0.6) is 5.75 Å². The van der Waals surface area contributed by atoms with Crippen LogP contribution in [0.3, 0.4) is 0 Å². The van der Waals surface area contributed by atoms with Crippen molar-refractivity contribution in [3.05, 3.63) is 53.2 Å². The van der Waals surface area contributed by atoms with E-state index in [9.17, 15) is 27.9 Å². The number of carbonyl (C=O) groups is 2. The summed E-state index contributed by atoms with van der Waals surface area (Å²) in [5, 5.41) is 11.0. The number of piperidine rings is 1. The van der Waals surface area contributed by atoms with Crippen LogP contribution in [0.2, 0.25) is 0 Å². The first-order chi connectivity index (χ1) is 20.2. The van der Waals surface area contributed by atoms with Crippen LogP contribution in [-0.2, 0) is 10.4 Å². The average Bonchev–Trinajstić information content (AvgIpc) is 2.96. The van der Waals surface area contributed by atoms with Gasteiger partial charge in [-0.3, -0.25) is 9.59 Å². The lowest BCUT2D eigenvalue weighted by atomic mass is 9.72. The smallest absolute Gasteiger partial charge is 0.422 e. The lowest BCUT2D eigenvalue weighted by Crippen LogP contribution is -2.56. The van der Waals surface area contributed by atoms with E-state index in [0.29, 0.717) is 23.1 Å². The number of pyridine rings is 1. The van der Waals surface area contributed by atoms with Gasteiger partial charge in [0.2, 0.25) is 5.91 Å². The number of carbonyl (C=O) groups excluding carboxylic acids is 2. The van der Waals surface area contributed by atoms with Crippen molar-refractivity contribution in [2.45, 2.75) is 63.8 Å². The standard InChI is InChI=1S/C32H43F3N4O4/c1-20(31(42,32(33,34)35)24-8-7-9-26(19-24)43-6)29(40)38(5)25-17-23(18-25)16-22-12-14-39(15-13-22)28-11-10-27(21(2)36-28)30(41)37(3)4/h7-11,19-20,22-23,25,42H,12-18H2,1-6H3. The number of amides is 2. The van der Waals surface area contributed by atoms with Crippen molar-refractivity contribution in [2.24, 2.45) is 17.8 Å². The Morgan fingerprint density at radius 3 is 2.30 bits per heavy atom. The van der Waals surface area contributed by atoms with Crippen LogP contribution in [-0.4, -0.2) is 85.3 Å². The van der Waals surface area contributed by atoms with E-state index in [0.717, 1.165) is 64.0 Å². The monoisotopic (exact) mass is 604 g/mol. The van der Waals surface area contributed by atoms with Gasteiger partial charge in [-0.15, -0.1) is 0 Å². The lowest BCUT2D eigenvalue weighted by molar-refractivity contribution is -0.283. The number of ether oxygens (including phenoxy) is 1. The summed E-state index contributed by atoms with van der Waals surface area (Å²) in [7, 11) is 6.31. The van der Waals surface area contributed by atoms with E-state index in [1.54, 1.807) is 19.0 Å². The fourth-order valence-electron chi connectivity index (χ4n) is 6.45. The van der Waals surface area contributed by atoms with Crippen LogP contribution < -0.4 is 9.64 Å². The molecule has 8 nitrogen and oxygen atoms in total. The molecule has 1 saturated heterocycles. The number of nitrogens with zero attached hydrogens (tertiary/aromatic N) is 4. The van der Waals surface area contributed by atoms with Crippen molar-refractivity contribution in [2.75, 3.05) is 46.2 Å². The Labute approximate surface area is 251 Å². The van der Waals surface area contributed by atoms with Gasteiger partial charge in [-0.05, 0) is 80.7 Å². The summed E-state index contributed by atoms with van der Waals surface area (Å²) < 4.78 is 47.9. The largest absolute Gasteiger partial charge is 0.497 e. The van der Waals surface area contributed by atoms with Gasteiger partial charge >= 0.3 is 6.18 Å². The second-order valence-corrected chi connectivity index (χ2v) is 12.3. The van der Waals surface area contributed by atoms with Gasteiger partial charge in [0.25, 0.3) is 5.91 Å². The molecule has 43 heavy (non-hydrogen) atoms. The van der Waals surface area contributed by atoms with Crippen LogP contribution >= 0.6 is 0 Å². The number of rotatable bonds is 9. The average molecular weight is 605 g/mol. The molecule has 2 unspecified atom stereocenters. The second kappa shape index (κ2) is 12.7. The van der Waals surface area contributed by atoms with Crippen molar-refractivity contribution in [3.63, 3.8) is 0 Å². The van der Waals surface area contributed by atoms with E-state index in [1.165, 1.54) is 37.3 Å². The molecule has 2 amide bonds. The zero-order valence-corrected chi connectivity index (χ0v) is 25.8. The molecule has 2 fully saturated rings. The summed E-state index contributed by atoms with van der Waals surface area (Å²) in [6.07, 6.45) is -0.564. The Balaban J connectivity index is 1.30. The number of halogens is 3. The topological polar surface area (TPSA) is 86.2 Å². The van der Waals surface area contributed by atoms with Gasteiger partial charge in [-0.25, -0.2) is 4.98 Å². The number of alkyl halides is 3. The van der Waals surface area contributed by atoms with Gasteiger partial charge in [0, 0.05) is 40.3 Å². The van der Waals surface area contributed by atoms with Crippen LogP contribution in [0.15, 0.2) is 36.4 Å². The third-order valence-electron chi connectivity index (χ3n) is 9.36. The number of methoxy groups -OCH3 is 1. The molecule has 1 saturated carbocycles. The molecule has 1 aliphatic carbocycles. The molecule has 2 heterocycles. The molecular weight excluding hydrogens is 561 g/mol. The molecule has 11 heteroatoms. The zero-order valence-electron chi connectivity index (χ0n) is 25.8. The Bertz CT molecular complexity index is 1310. The van der Waals surface area contributed by atoms with Crippen molar-refractivity contribution in [1.29, 1.82) is 0 Å². The SMILES string of the molecule is COc1cccc(C(O)(C(C)C(=O)N(C)C2CC(CC3CCN(c4ccc(C(=O)N(C)C)c(C)n4)CC3)C2)C(F)(F)F)c1. The number of hydrogen-bond acceptors (Lipinski definition) is 6. The van der Waals surface area contributed by atoms with Crippen molar-refractivity contribution >= 4 is 17.6 Å². The van der Waals surface area contributed by atoms with Gasteiger partial charge in [0.1, 0.15) is 11.6 Å². The first-order valence-corrected chi connectivity index (χ1v) is 14.8. The maximum Gasteiger partial charge on any atom is 0.422 e. The van der Waals surface area contributed by atoms with Gasteiger partial charge in [-0.1, -0.05) is 19.1 Å². The Hall–Kier alpha value is -3.34. The molecule has 0 bridgehead atoms. The van der Waals surface area contributed by atoms with E-state index in [1.807, 2.05) is 19.1 Å². The minimum atomic E-state index is -5.06. The highest BCUT2D eigenvalue weighted by Gasteiger charge is 2.61. The van der Waals surface area contributed by atoms with Gasteiger partial charge < -0.3 is 24.5 Å². The summed E-state index contributed by atoms with van der Waals surface area (Å²) in [6.45, 7) is 4.72. The molecule has 0 radical (unpaired) electrons. The van der Waals surface area contributed by atoms with E-state index in [2.05, 4.69) is 9.88 Å². The number of aryl methyl sites for hydroxylation is 1. The first-order valence-electron chi connectivity index (χ1n) is 14.8. The Morgan fingerprint density at radius 1 is 1.09 bits per heavy atom. The second-order valence-electron chi connectivity index (χ2n) is 12.3. The molecule has 2 aromatic rings. The van der Waals surface area contributed by atoms with Crippen LogP contribution in [0, 0.1) is 24.7 Å². The predicted octanol–water partition coefficient (Wildman–Crippen LogP) is 5.03. The summed E-state index contributed by atoms with van der Waals surface area (Å²) >= 11 is 0. The number of hydrogen-bond donors (Lipinski definition) is 1. The summed E-state index contributed by atoms with van der Waals surface area (Å²) in [6, 6.07) is 8.74. The van der Waals surface area contributed by atoms with E-state index >= 15 is 0 Å². The molecule has 236 valence electrons. The highest BCUT2D eigenvalue weighted by atomic mass is 19.4. The molecular formula is C32H43F3N4O4. The third kappa shape index (κ3) is 6.61. The summed E-state index contributed by atoms with van der Waals surface area (Å²) in [5.74, 6) is -0.562. The van der Waals surface area contributed by atoms with Gasteiger partial charge in [-0.2, -0.15) is 13.2 Å². The molecule has 0 spiro atoms. The maximum atomic E-state index is 14.3. The number of aliphatic hydroxyl groups is 1. The van der Waals surface area contributed by atoms with E-state index in [4.69, 9.17) is 4.74 Å². The van der Waals surface area contributed by atoms with Crippen molar-refractivity contribution in [3.8, 4) is 5.75 Å². The van der Waals surface area contributed by atoms with E-state index < -0.39 is 29.2 Å². The highest BCUT2D eigenvalue weighted by Crippen LogP contribution is 2.47. The minimum absolute atomic E-state index is 0.0660. The quantitative estimate of drug-likeness (QED) is 0.432. The van der Waals surface area contributed by atoms with Gasteiger partial charge in [0.05, 0.1) is 24.3 Å². The highest BCUT2D eigenvalue weighted by molar-refractivity contribution is 5.95. The maximum absolute atomic E-state index is 14.3. The fourth-order valence-corrected chi connectivity index (χ4v) is 6.45. The van der Waals surface area contributed by atoms with E-state index in [-0.39, 0.29) is 17.7 Å². The third-order valence-corrected chi connectivity index (χ3v) is 9.36. The number of aromatic nitrogens is 1. The predicted molar refractivity (Wildman–Crippen MR) is 158 cm³/mol. The molecule has 1 aromatic heterocycles. The van der Waals surface area contributed by atoms with Crippen LogP contribution in [0.25, 0.3) is 0 Å². The fraction of sp³-hybridized carbons (Fsp3) is 0.594. The van der Waals surface area contributed by atoms with Crippen LogP contribution in [0.1, 0.15) is 60.6 Å². The summed E-state index contributed by atoms with van der Waals surface area (Å²) in [5.41, 5.74) is -2.46. The van der Waals surface area contributed by atoms with Crippen LogP contribution in [0.4, 0.5) is 19.0 Å². The Morgan fingerprint density at radius 2 is 1.74 bits per heavy atom. The number of benzene rings is 1.